The number of rotatable bonds is 5. The van der Waals surface area contributed by atoms with E-state index in [9.17, 15) is 5.11 Å². The standard InChI is InChI=1S/C10H18O/c1-4-7-9(8-5-2)10(11)6-3/h7,9-11H,1,5-6,8H2,2-3H3. The van der Waals surface area contributed by atoms with Gasteiger partial charge in [0.15, 0.2) is 0 Å². The van der Waals surface area contributed by atoms with Crippen molar-refractivity contribution in [2.24, 2.45) is 5.92 Å². The summed E-state index contributed by atoms with van der Waals surface area (Å²) >= 11 is 0. The molecule has 0 amide bonds. The molecule has 0 aliphatic rings. The van der Waals surface area contributed by atoms with E-state index in [1.54, 1.807) is 0 Å². The quantitative estimate of drug-likeness (QED) is 0.603. The molecule has 0 aromatic rings. The number of aliphatic hydroxyl groups is 1. The van der Waals surface area contributed by atoms with Crippen molar-refractivity contribution in [3.05, 3.63) is 18.4 Å². The molecular formula is C10H18O. The van der Waals surface area contributed by atoms with E-state index >= 15 is 0 Å². The van der Waals surface area contributed by atoms with Crippen molar-refractivity contribution in [3.63, 3.8) is 0 Å². The predicted molar refractivity (Wildman–Crippen MR) is 48.4 cm³/mol. The summed E-state index contributed by atoms with van der Waals surface area (Å²) in [5.74, 6) is 0.252. The monoisotopic (exact) mass is 154 g/mol. The summed E-state index contributed by atoms with van der Waals surface area (Å²) in [7, 11) is 0. The summed E-state index contributed by atoms with van der Waals surface area (Å²) in [6.45, 7) is 7.62. The molecule has 0 heterocycles. The van der Waals surface area contributed by atoms with Gasteiger partial charge in [-0.2, -0.15) is 0 Å². The van der Waals surface area contributed by atoms with Crippen molar-refractivity contribution in [2.75, 3.05) is 0 Å². The lowest BCUT2D eigenvalue weighted by Gasteiger charge is -2.16. The first-order valence-electron chi connectivity index (χ1n) is 4.30. The summed E-state index contributed by atoms with van der Waals surface area (Å²) in [6, 6.07) is 0. The molecule has 0 aliphatic carbocycles. The van der Waals surface area contributed by atoms with Crippen LogP contribution < -0.4 is 0 Å². The van der Waals surface area contributed by atoms with Gasteiger partial charge in [-0.05, 0) is 18.9 Å². The maximum atomic E-state index is 9.48. The second kappa shape index (κ2) is 6.21. The van der Waals surface area contributed by atoms with Crippen molar-refractivity contribution in [1.29, 1.82) is 0 Å². The fraction of sp³-hybridized carbons (Fsp3) is 0.700. The van der Waals surface area contributed by atoms with E-state index in [0.717, 1.165) is 19.3 Å². The third kappa shape index (κ3) is 4.02. The summed E-state index contributed by atoms with van der Waals surface area (Å²) in [6.07, 6.45) is 4.59. The molecule has 1 nitrogen and oxygen atoms in total. The van der Waals surface area contributed by atoms with E-state index in [0.29, 0.717) is 0 Å². The molecule has 11 heavy (non-hydrogen) atoms. The summed E-state index contributed by atoms with van der Waals surface area (Å²) in [5.41, 5.74) is 2.73. The number of hydrogen-bond donors (Lipinski definition) is 1. The highest BCUT2D eigenvalue weighted by Crippen LogP contribution is 2.14. The highest BCUT2D eigenvalue weighted by molar-refractivity contribution is 4.88. The van der Waals surface area contributed by atoms with Crippen molar-refractivity contribution in [3.8, 4) is 0 Å². The summed E-state index contributed by atoms with van der Waals surface area (Å²) < 4.78 is 0. The van der Waals surface area contributed by atoms with Crippen LogP contribution >= 0.6 is 0 Å². The van der Waals surface area contributed by atoms with Gasteiger partial charge in [-0.25, -0.2) is 0 Å². The lowest BCUT2D eigenvalue weighted by molar-refractivity contribution is 0.121. The Bertz CT molecular complexity index is 134. The zero-order chi connectivity index (χ0) is 8.69. The molecule has 2 atom stereocenters. The van der Waals surface area contributed by atoms with Gasteiger partial charge in [0.25, 0.3) is 0 Å². The topological polar surface area (TPSA) is 20.2 Å². The Morgan fingerprint density at radius 3 is 2.55 bits per heavy atom. The minimum absolute atomic E-state index is 0.218. The Morgan fingerprint density at radius 2 is 2.18 bits per heavy atom. The third-order valence-corrected chi connectivity index (χ3v) is 1.87. The van der Waals surface area contributed by atoms with Gasteiger partial charge in [-0.15, -0.1) is 5.73 Å². The first kappa shape index (κ1) is 10.5. The lowest BCUT2D eigenvalue weighted by Crippen LogP contribution is -2.16. The Balaban J connectivity index is 3.96. The first-order chi connectivity index (χ1) is 5.26. The molecule has 0 aliphatic heterocycles. The Morgan fingerprint density at radius 1 is 1.55 bits per heavy atom. The highest BCUT2D eigenvalue weighted by Gasteiger charge is 2.12. The predicted octanol–water partition coefficient (Wildman–Crippen LogP) is 2.51. The molecule has 64 valence electrons. The van der Waals surface area contributed by atoms with Crippen molar-refractivity contribution >= 4 is 0 Å². The van der Waals surface area contributed by atoms with Crippen LogP contribution in [0, 0.1) is 5.92 Å². The van der Waals surface area contributed by atoms with Crippen molar-refractivity contribution < 1.29 is 5.11 Å². The molecule has 0 saturated carbocycles. The van der Waals surface area contributed by atoms with Gasteiger partial charge >= 0.3 is 0 Å². The average molecular weight is 154 g/mol. The smallest absolute Gasteiger partial charge is 0.0606 e. The largest absolute Gasteiger partial charge is 0.393 e. The van der Waals surface area contributed by atoms with Crippen LogP contribution in [0.2, 0.25) is 0 Å². The van der Waals surface area contributed by atoms with E-state index in [2.05, 4.69) is 19.2 Å². The van der Waals surface area contributed by atoms with Crippen molar-refractivity contribution in [1.82, 2.24) is 0 Å². The highest BCUT2D eigenvalue weighted by atomic mass is 16.3. The molecule has 0 spiro atoms. The van der Waals surface area contributed by atoms with E-state index in [4.69, 9.17) is 0 Å². The Labute approximate surface area is 69.4 Å². The lowest BCUT2D eigenvalue weighted by atomic mass is 9.95. The molecule has 0 saturated heterocycles. The molecule has 0 aromatic heterocycles. The van der Waals surface area contributed by atoms with Crippen LogP contribution in [0.25, 0.3) is 0 Å². The second-order valence-electron chi connectivity index (χ2n) is 2.80. The normalized spacial score (nSPS) is 15.2. The molecule has 0 bridgehead atoms. The SMILES string of the molecule is C=C=CC(CCC)C(O)CC. The Kier molecular flexibility index (Phi) is 5.91. The van der Waals surface area contributed by atoms with Crippen LogP contribution in [0.4, 0.5) is 0 Å². The van der Waals surface area contributed by atoms with E-state index in [1.165, 1.54) is 0 Å². The maximum Gasteiger partial charge on any atom is 0.0606 e. The minimum atomic E-state index is -0.218. The Hall–Kier alpha value is -0.520. The molecular weight excluding hydrogens is 136 g/mol. The first-order valence-corrected chi connectivity index (χ1v) is 4.30. The zero-order valence-electron chi connectivity index (χ0n) is 7.51. The molecule has 0 rings (SSSR count). The molecule has 1 N–H and O–H groups in total. The average Bonchev–Trinajstić information content (AvgIpc) is 2.03. The van der Waals surface area contributed by atoms with Gasteiger partial charge in [-0.3, -0.25) is 0 Å². The van der Waals surface area contributed by atoms with Crippen LogP contribution in [-0.2, 0) is 0 Å². The van der Waals surface area contributed by atoms with Gasteiger partial charge in [0.2, 0.25) is 0 Å². The summed E-state index contributed by atoms with van der Waals surface area (Å²) in [5, 5.41) is 9.48. The number of aliphatic hydroxyl groups excluding tert-OH is 1. The maximum absolute atomic E-state index is 9.48. The van der Waals surface area contributed by atoms with Crippen LogP contribution in [0.3, 0.4) is 0 Å². The van der Waals surface area contributed by atoms with Crippen LogP contribution in [0.15, 0.2) is 18.4 Å². The minimum Gasteiger partial charge on any atom is -0.393 e. The molecule has 2 unspecified atom stereocenters. The van der Waals surface area contributed by atoms with Gasteiger partial charge in [-0.1, -0.05) is 26.8 Å². The molecule has 0 radical (unpaired) electrons. The van der Waals surface area contributed by atoms with E-state index in [1.807, 2.05) is 13.0 Å². The van der Waals surface area contributed by atoms with E-state index in [-0.39, 0.29) is 12.0 Å². The molecule has 0 fully saturated rings. The molecule has 1 heteroatoms. The third-order valence-electron chi connectivity index (χ3n) is 1.87. The number of hydrogen-bond acceptors (Lipinski definition) is 1. The van der Waals surface area contributed by atoms with Crippen LogP contribution in [-0.4, -0.2) is 11.2 Å². The van der Waals surface area contributed by atoms with Gasteiger partial charge < -0.3 is 5.11 Å². The van der Waals surface area contributed by atoms with Crippen LogP contribution in [0.1, 0.15) is 33.1 Å². The molecule has 0 aromatic carbocycles. The van der Waals surface area contributed by atoms with Crippen LogP contribution in [0.5, 0.6) is 0 Å². The second-order valence-corrected chi connectivity index (χ2v) is 2.80. The van der Waals surface area contributed by atoms with Crippen molar-refractivity contribution in [2.45, 2.75) is 39.2 Å². The van der Waals surface area contributed by atoms with Gasteiger partial charge in [0.05, 0.1) is 6.10 Å². The van der Waals surface area contributed by atoms with Gasteiger partial charge in [0, 0.05) is 5.92 Å². The fourth-order valence-electron chi connectivity index (χ4n) is 1.17. The van der Waals surface area contributed by atoms with Gasteiger partial charge in [0.1, 0.15) is 0 Å². The summed E-state index contributed by atoms with van der Waals surface area (Å²) in [4.78, 5) is 0. The zero-order valence-corrected chi connectivity index (χ0v) is 7.51. The van der Waals surface area contributed by atoms with E-state index < -0.39 is 0 Å². The fourth-order valence-corrected chi connectivity index (χ4v) is 1.17.